The molecule has 2 rings (SSSR count). The summed E-state index contributed by atoms with van der Waals surface area (Å²) < 4.78 is 19.4. The minimum atomic E-state index is -0.294. The zero-order chi connectivity index (χ0) is 15.2. The average molecular weight is 289 g/mol. The predicted molar refractivity (Wildman–Crippen MR) is 80.9 cm³/mol. The monoisotopic (exact) mass is 289 g/mol. The summed E-state index contributed by atoms with van der Waals surface area (Å²) in [5.74, 6) is 0.875. The van der Waals surface area contributed by atoms with E-state index in [-0.39, 0.29) is 18.5 Å². The van der Waals surface area contributed by atoms with Crippen molar-refractivity contribution >= 4 is 0 Å². The first-order valence-corrected chi connectivity index (χ1v) is 7.05. The number of nitrogens with one attached hydrogen (secondary N) is 1. The summed E-state index contributed by atoms with van der Waals surface area (Å²) in [6.07, 6.45) is 0. The molecule has 1 unspecified atom stereocenters. The summed E-state index contributed by atoms with van der Waals surface area (Å²) in [7, 11) is 0. The number of halogens is 1. The van der Waals surface area contributed by atoms with Crippen molar-refractivity contribution < 1.29 is 14.2 Å². The molecule has 0 spiro atoms. The summed E-state index contributed by atoms with van der Waals surface area (Å²) in [6, 6.07) is 11.7. The predicted octanol–water partition coefficient (Wildman–Crippen LogP) is 3.78. The van der Waals surface area contributed by atoms with Gasteiger partial charge in [-0.25, -0.2) is 4.39 Å². The Morgan fingerprint density at radius 1 is 1.19 bits per heavy atom. The number of ether oxygens (including phenoxy) is 1. The van der Waals surface area contributed by atoms with Gasteiger partial charge in [-0.2, -0.15) is 0 Å². The van der Waals surface area contributed by atoms with E-state index in [4.69, 9.17) is 4.74 Å². The van der Waals surface area contributed by atoms with Crippen LogP contribution in [0.15, 0.2) is 42.5 Å². The van der Waals surface area contributed by atoms with Gasteiger partial charge in [0.05, 0.1) is 6.61 Å². The van der Waals surface area contributed by atoms with E-state index >= 15 is 0 Å². The Morgan fingerprint density at radius 3 is 2.67 bits per heavy atom. The number of aliphatic hydroxyl groups is 1. The fraction of sp³-hybridized carbons (Fsp3) is 0.294. The Morgan fingerprint density at radius 2 is 1.95 bits per heavy atom. The third-order valence-electron chi connectivity index (χ3n) is 3.31. The van der Waals surface area contributed by atoms with Crippen LogP contribution in [-0.2, 0) is 6.61 Å². The van der Waals surface area contributed by atoms with E-state index in [2.05, 4.69) is 5.32 Å². The zero-order valence-corrected chi connectivity index (χ0v) is 12.3. The molecule has 4 heteroatoms. The SMILES string of the molecule is CCNC(C)c1cc(F)ccc1Oc1ccccc1CO. The van der Waals surface area contributed by atoms with Crippen LogP contribution in [0.4, 0.5) is 4.39 Å². The second kappa shape index (κ2) is 7.20. The van der Waals surface area contributed by atoms with Crippen LogP contribution in [0, 0.1) is 5.82 Å². The van der Waals surface area contributed by atoms with Crippen LogP contribution in [0.2, 0.25) is 0 Å². The van der Waals surface area contributed by atoms with Crippen molar-refractivity contribution in [1.82, 2.24) is 5.32 Å². The van der Waals surface area contributed by atoms with Crippen molar-refractivity contribution in [2.24, 2.45) is 0 Å². The van der Waals surface area contributed by atoms with Crippen molar-refractivity contribution in [1.29, 1.82) is 0 Å². The van der Waals surface area contributed by atoms with Crippen molar-refractivity contribution in [3.8, 4) is 11.5 Å². The molecular weight excluding hydrogens is 269 g/mol. The first-order valence-electron chi connectivity index (χ1n) is 7.05. The molecule has 0 bridgehead atoms. The third kappa shape index (κ3) is 3.80. The summed E-state index contributed by atoms with van der Waals surface area (Å²) >= 11 is 0. The number of rotatable bonds is 6. The Bertz CT molecular complexity index is 601. The van der Waals surface area contributed by atoms with Gasteiger partial charge in [0, 0.05) is 17.2 Å². The molecule has 0 aliphatic heterocycles. The molecule has 2 aromatic rings. The average Bonchev–Trinajstić information content (AvgIpc) is 2.49. The topological polar surface area (TPSA) is 41.5 Å². The van der Waals surface area contributed by atoms with E-state index in [0.29, 0.717) is 17.1 Å². The van der Waals surface area contributed by atoms with E-state index in [1.807, 2.05) is 26.0 Å². The first-order chi connectivity index (χ1) is 10.2. The smallest absolute Gasteiger partial charge is 0.132 e. The van der Waals surface area contributed by atoms with E-state index < -0.39 is 0 Å². The van der Waals surface area contributed by atoms with Gasteiger partial charge in [0.1, 0.15) is 17.3 Å². The first kappa shape index (κ1) is 15.5. The molecule has 0 heterocycles. The summed E-state index contributed by atoms with van der Waals surface area (Å²) in [5, 5.41) is 12.6. The van der Waals surface area contributed by atoms with Gasteiger partial charge in [-0.15, -0.1) is 0 Å². The van der Waals surface area contributed by atoms with E-state index in [9.17, 15) is 9.50 Å². The van der Waals surface area contributed by atoms with E-state index in [1.54, 1.807) is 18.2 Å². The van der Waals surface area contributed by atoms with Crippen LogP contribution < -0.4 is 10.1 Å². The number of aliphatic hydroxyl groups excluding tert-OH is 1. The quantitative estimate of drug-likeness (QED) is 0.850. The molecule has 0 aliphatic carbocycles. The molecule has 0 radical (unpaired) electrons. The largest absolute Gasteiger partial charge is 0.457 e. The third-order valence-corrected chi connectivity index (χ3v) is 3.31. The second-order valence-corrected chi connectivity index (χ2v) is 4.83. The Balaban J connectivity index is 2.35. The fourth-order valence-corrected chi connectivity index (χ4v) is 2.22. The molecule has 2 aromatic carbocycles. The highest BCUT2D eigenvalue weighted by atomic mass is 19.1. The minimum Gasteiger partial charge on any atom is -0.457 e. The summed E-state index contributed by atoms with van der Waals surface area (Å²) in [5.41, 5.74) is 1.45. The molecule has 1 atom stereocenters. The molecule has 0 fully saturated rings. The summed E-state index contributed by atoms with van der Waals surface area (Å²) in [6.45, 7) is 4.64. The van der Waals surface area contributed by atoms with Gasteiger partial charge in [-0.05, 0) is 37.7 Å². The highest BCUT2D eigenvalue weighted by Gasteiger charge is 2.14. The summed E-state index contributed by atoms with van der Waals surface area (Å²) in [4.78, 5) is 0. The van der Waals surface area contributed by atoms with Crippen molar-refractivity contribution in [3.63, 3.8) is 0 Å². The molecule has 0 amide bonds. The van der Waals surface area contributed by atoms with Crippen LogP contribution in [-0.4, -0.2) is 11.7 Å². The van der Waals surface area contributed by atoms with Gasteiger partial charge >= 0.3 is 0 Å². The lowest BCUT2D eigenvalue weighted by atomic mass is 10.1. The lowest BCUT2D eigenvalue weighted by Gasteiger charge is -2.18. The van der Waals surface area contributed by atoms with Crippen LogP contribution >= 0.6 is 0 Å². The molecular formula is C17H20FNO2. The maximum Gasteiger partial charge on any atom is 0.132 e. The van der Waals surface area contributed by atoms with E-state index in [0.717, 1.165) is 12.1 Å². The lowest BCUT2D eigenvalue weighted by Crippen LogP contribution is -2.18. The molecule has 21 heavy (non-hydrogen) atoms. The normalized spacial score (nSPS) is 12.2. The highest BCUT2D eigenvalue weighted by molar-refractivity contribution is 5.42. The van der Waals surface area contributed by atoms with Gasteiger partial charge in [0.2, 0.25) is 0 Å². The molecule has 112 valence electrons. The second-order valence-electron chi connectivity index (χ2n) is 4.83. The highest BCUT2D eigenvalue weighted by Crippen LogP contribution is 2.32. The number of para-hydroxylation sites is 1. The van der Waals surface area contributed by atoms with Gasteiger partial charge in [0.15, 0.2) is 0 Å². The number of benzene rings is 2. The molecule has 0 aromatic heterocycles. The standard InChI is InChI=1S/C17H20FNO2/c1-3-19-12(2)15-10-14(18)8-9-17(15)21-16-7-5-4-6-13(16)11-20/h4-10,12,19-20H,3,11H2,1-2H3. The zero-order valence-electron chi connectivity index (χ0n) is 12.3. The Kier molecular flexibility index (Phi) is 5.31. The molecule has 0 saturated heterocycles. The van der Waals surface area contributed by atoms with E-state index in [1.165, 1.54) is 12.1 Å². The van der Waals surface area contributed by atoms with Gasteiger partial charge in [-0.1, -0.05) is 25.1 Å². The number of hydrogen-bond acceptors (Lipinski definition) is 3. The molecule has 2 N–H and O–H groups in total. The maximum atomic E-state index is 13.5. The molecule has 0 aliphatic rings. The Labute approximate surface area is 124 Å². The molecule has 0 saturated carbocycles. The van der Waals surface area contributed by atoms with Gasteiger partial charge in [0.25, 0.3) is 0 Å². The van der Waals surface area contributed by atoms with Crippen molar-refractivity contribution in [2.45, 2.75) is 26.5 Å². The lowest BCUT2D eigenvalue weighted by molar-refractivity contribution is 0.276. The van der Waals surface area contributed by atoms with Crippen LogP contribution in [0.1, 0.15) is 31.0 Å². The fourth-order valence-electron chi connectivity index (χ4n) is 2.22. The van der Waals surface area contributed by atoms with Crippen molar-refractivity contribution in [2.75, 3.05) is 6.54 Å². The van der Waals surface area contributed by atoms with Gasteiger partial charge < -0.3 is 15.2 Å². The maximum absolute atomic E-state index is 13.5. The van der Waals surface area contributed by atoms with Crippen LogP contribution in [0.3, 0.4) is 0 Å². The minimum absolute atomic E-state index is 0.0259. The molecule has 3 nitrogen and oxygen atoms in total. The van der Waals surface area contributed by atoms with Crippen LogP contribution in [0.25, 0.3) is 0 Å². The van der Waals surface area contributed by atoms with Crippen molar-refractivity contribution in [3.05, 3.63) is 59.4 Å². The van der Waals surface area contributed by atoms with Gasteiger partial charge in [-0.3, -0.25) is 0 Å². The number of hydrogen-bond donors (Lipinski definition) is 2. The van der Waals surface area contributed by atoms with Crippen LogP contribution in [0.5, 0.6) is 11.5 Å². The Hall–Kier alpha value is -1.91.